The molecule has 2 aromatic rings. The normalized spacial score (nSPS) is 16.9. The van der Waals surface area contributed by atoms with Crippen LogP contribution < -0.4 is 5.32 Å². The van der Waals surface area contributed by atoms with Gasteiger partial charge >= 0.3 is 0 Å². The Kier molecular flexibility index (Phi) is 3.05. The van der Waals surface area contributed by atoms with Gasteiger partial charge in [0.25, 0.3) is 0 Å². The minimum Gasteiger partial charge on any atom is -0.361 e. The van der Waals surface area contributed by atoms with Crippen molar-refractivity contribution >= 4 is 22.5 Å². The number of H-pyrrole nitrogens is 1. The number of hydrogen-bond donors (Lipinski definition) is 2. The summed E-state index contributed by atoms with van der Waals surface area (Å²) in [7, 11) is 0. The molecule has 0 unspecified atom stereocenters. The van der Waals surface area contributed by atoms with Crippen LogP contribution in [0.2, 0.25) is 0 Å². The van der Waals surface area contributed by atoms with E-state index in [1.165, 1.54) is 19.3 Å². The van der Waals surface area contributed by atoms with Crippen LogP contribution in [0.15, 0.2) is 30.5 Å². The summed E-state index contributed by atoms with van der Waals surface area (Å²) in [6.45, 7) is 0. The quantitative estimate of drug-likeness (QED) is 0.828. The summed E-state index contributed by atoms with van der Waals surface area (Å²) in [5.74, 6) is 0.386. The second-order valence-electron chi connectivity index (χ2n) is 5.07. The largest absolute Gasteiger partial charge is 0.361 e. The molecule has 0 saturated heterocycles. The number of aromatic amines is 1. The van der Waals surface area contributed by atoms with E-state index in [0.29, 0.717) is 0 Å². The van der Waals surface area contributed by atoms with Crippen molar-refractivity contribution in [1.29, 1.82) is 0 Å². The zero-order valence-electron chi connectivity index (χ0n) is 10.4. The molecule has 1 aliphatic carbocycles. The second-order valence-corrected chi connectivity index (χ2v) is 5.07. The predicted molar refractivity (Wildman–Crippen MR) is 73.5 cm³/mol. The average molecular weight is 242 g/mol. The minimum atomic E-state index is 0.184. The number of aromatic nitrogens is 1. The zero-order chi connectivity index (χ0) is 12.4. The van der Waals surface area contributed by atoms with Crippen LogP contribution in [0.25, 0.3) is 10.9 Å². The molecule has 2 N–H and O–H groups in total. The fraction of sp³-hybridized carbons (Fsp3) is 0.400. The molecule has 0 aliphatic heterocycles. The van der Waals surface area contributed by atoms with Crippen molar-refractivity contribution in [3.8, 4) is 0 Å². The smallest absolute Gasteiger partial charge is 0.227 e. The minimum absolute atomic E-state index is 0.184. The van der Waals surface area contributed by atoms with E-state index in [0.717, 1.165) is 29.4 Å². The molecule has 1 aromatic heterocycles. The third-order valence-electron chi connectivity index (χ3n) is 3.83. The molecule has 0 atom stereocenters. The molecular weight excluding hydrogens is 224 g/mol. The Bertz CT molecular complexity index is 552. The van der Waals surface area contributed by atoms with Crippen LogP contribution in [-0.4, -0.2) is 10.9 Å². The molecule has 1 saturated carbocycles. The van der Waals surface area contributed by atoms with Crippen molar-refractivity contribution < 1.29 is 4.79 Å². The Morgan fingerprint density at radius 1 is 1.17 bits per heavy atom. The summed E-state index contributed by atoms with van der Waals surface area (Å²) in [5, 5.41) is 4.17. The first kappa shape index (κ1) is 11.3. The molecule has 0 spiro atoms. The fourth-order valence-corrected chi connectivity index (χ4v) is 2.79. The highest BCUT2D eigenvalue weighted by Crippen LogP contribution is 2.27. The number of amides is 1. The van der Waals surface area contributed by atoms with E-state index in [9.17, 15) is 4.79 Å². The van der Waals surface area contributed by atoms with Crippen LogP contribution in [0.1, 0.15) is 32.1 Å². The molecule has 94 valence electrons. The van der Waals surface area contributed by atoms with E-state index in [-0.39, 0.29) is 11.8 Å². The number of rotatable bonds is 2. The van der Waals surface area contributed by atoms with Crippen molar-refractivity contribution in [3.63, 3.8) is 0 Å². The predicted octanol–water partition coefficient (Wildman–Crippen LogP) is 3.69. The first-order valence-corrected chi connectivity index (χ1v) is 6.71. The highest BCUT2D eigenvalue weighted by atomic mass is 16.1. The fourth-order valence-electron chi connectivity index (χ4n) is 2.79. The number of nitrogens with one attached hydrogen (secondary N) is 2. The number of carbonyl (C=O) groups is 1. The van der Waals surface area contributed by atoms with Crippen LogP contribution in [0.3, 0.4) is 0 Å². The zero-order valence-corrected chi connectivity index (χ0v) is 10.4. The van der Waals surface area contributed by atoms with E-state index in [2.05, 4.69) is 10.3 Å². The molecule has 3 rings (SSSR count). The van der Waals surface area contributed by atoms with Gasteiger partial charge in [0.2, 0.25) is 5.91 Å². The Balaban J connectivity index is 1.79. The Morgan fingerprint density at radius 2 is 2.00 bits per heavy atom. The first-order valence-electron chi connectivity index (χ1n) is 6.71. The van der Waals surface area contributed by atoms with Gasteiger partial charge in [0.05, 0.1) is 5.69 Å². The van der Waals surface area contributed by atoms with E-state index in [4.69, 9.17) is 0 Å². The summed E-state index contributed by atoms with van der Waals surface area (Å²) in [6, 6.07) is 7.96. The number of benzene rings is 1. The molecule has 0 radical (unpaired) electrons. The van der Waals surface area contributed by atoms with Gasteiger partial charge in [-0.3, -0.25) is 4.79 Å². The lowest BCUT2D eigenvalue weighted by Gasteiger charge is -2.20. The van der Waals surface area contributed by atoms with Gasteiger partial charge in [-0.05, 0) is 31.0 Å². The van der Waals surface area contributed by atoms with Crippen molar-refractivity contribution in [1.82, 2.24) is 4.98 Å². The number of fused-ring (bicyclic) bond motifs is 1. The molecule has 3 nitrogen and oxygen atoms in total. The van der Waals surface area contributed by atoms with Gasteiger partial charge in [-0.25, -0.2) is 0 Å². The van der Waals surface area contributed by atoms with Crippen LogP contribution >= 0.6 is 0 Å². The average Bonchev–Trinajstić information content (AvgIpc) is 2.89. The highest BCUT2D eigenvalue weighted by molar-refractivity contribution is 6.02. The van der Waals surface area contributed by atoms with Crippen LogP contribution in [0.4, 0.5) is 5.69 Å². The van der Waals surface area contributed by atoms with Crippen molar-refractivity contribution in [2.24, 2.45) is 5.92 Å². The molecular formula is C15H18N2O. The van der Waals surface area contributed by atoms with Gasteiger partial charge in [0.15, 0.2) is 0 Å². The van der Waals surface area contributed by atoms with Gasteiger partial charge in [-0.1, -0.05) is 25.3 Å². The monoisotopic (exact) mass is 242 g/mol. The number of hydrogen-bond acceptors (Lipinski definition) is 1. The topological polar surface area (TPSA) is 44.9 Å². The molecule has 3 heteroatoms. The number of anilines is 1. The molecule has 1 heterocycles. The maximum Gasteiger partial charge on any atom is 0.227 e. The van der Waals surface area contributed by atoms with E-state index >= 15 is 0 Å². The van der Waals surface area contributed by atoms with Gasteiger partial charge in [0.1, 0.15) is 0 Å². The summed E-state index contributed by atoms with van der Waals surface area (Å²) in [4.78, 5) is 15.4. The summed E-state index contributed by atoms with van der Waals surface area (Å²) in [5.41, 5.74) is 1.99. The maximum absolute atomic E-state index is 12.2. The lowest BCUT2D eigenvalue weighted by Crippen LogP contribution is -2.24. The Hall–Kier alpha value is -1.77. The second kappa shape index (κ2) is 4.84. The van der Waals surface area contributed by atoms with Gasteiger partial charge in [-0.2, -0.15) is 0 Å². The third-order valence-corrected chi connectivity index (χ3v) is 3.83. The lowest BCUT2D eigenvalue weighted by atomic mass is 9.88. The molecule has 1 aliphatic rings. The third kappa shape index (κ3) is 2.13. The summed E-state index contributed by atoms with van der Waals surface area (Å²) in [6.07, 6.45) is 7.63. The number of carbonyl (C=O) groups excluding carboxylic acids is 1. The highest BCUT2D eigenvalue weighted by Gasteiger charge is 2.21. The molecule has 1 amide bonds. The first-order chi connectivity index (χ1) is 8.84. The van der Waals surface area contributed by atoms with E-state index in [1.54, 1.807) is 0 Å². The van der Waals surface area contributed by atoms with Crippen molar-refractivity contribution in [2.75, 3.05) is 5.32 Å². The lowest BCUT2D eigenvalue weighted by molar-refractivity contribution is -0.120. The van der Waals surface area contributed by atoms with Crippen LogP contribution in [0, 0.1) is 5.92 Å². The van der Waals surface area contributed by atoms with Crippen molar-refractivity contribution in [2.45, 2.75) is 32.1 Å². The standard InChI is InChI=1S/C15H18N2O/c18-15(11-5-2-1-3-6-11)17-14-8-4-7-13-12(14)9-10-16-13/h4,7-11,16H,1-3,5-6H2,(H,17,18). The molecule has 0 bridgehead atoms. The molecule has 1 aromatic carbocycles. The molecule has 1 fully saturated rings. The summed E-state index contributed by atoms with van der Waals surface area (Å²) < 4.78 is 0. The van der Waals surface area contributed by atoms with E-state index < -0.39 is 0 Å². The SMILES string of the molecule is O=C(Nc1cccc2[nH]ccc12)C1CCCCC1. The van der Waals surface area contributed by atoms with Gasteiger partial charge in [0, 0.05) is 23.0 Å². The molecule has 18 heavy (non-hydrogen) atoms. The van der Waals surface area contributed by atoms with E-state index in [1.807, 2.05) is 30.5 Å². The van der Waals surface area contributed by atoms with Gasteiger partial charge in [-0.15, -0.1) is 0 Å². The Labute approximate surface area is 107 Å². The Morgan fingerprint density at radius 3 is 2.83 bits per heavy atom. The van der Waals surface area contributed by atoms with Crippen LogP contribution in [0.5, 0.6) is 0 Å². The van der Waals surface area contributed by atoms with Gasteiger partial charge < -0.3 is 10.3 Å². The van der Waals surface area contributed by atoms with Crippen LogP contribution in [-0.2, 0) is 4.79 Å². The summed E-state index contributed by atoms with van der Waals surface area (Å²) >= 11 is 0. The van der Waals surface area contributed by atoms with Crippen molar-refractivity contribution in [3.05, 3.63) is 30.5 Å². The maximum atomic E-state index is 12.2.